The molecule has 1 aromatic rings. The summed E-state index contributed by atoms with van der Waals surface area (Å²) in [6.45, 7) is 6.57. The van der Waals surface area contributed by atoms with Crippen LogP contribution in [0.5, 0.6) is 0 Å². The maximum Gasteiger partial charge on any atom is 0.224 e. The molecule has 0 atom stereocenters. The molecule has 1 aliphatic heterocycles. The van der Waals surface area contributed by atoms with Crippen LogP contribution in [0.15, 0.2) is 24.3 Å². The molecule has 5 nitrogen and oxygen atoms in total. The van der Waals surface area contributed by atoms with Gasteiger partial charge in [0.2, 0.25) is 5.91 Å². The van der Waals surface area contributed by atoms with Crippen molar-refractivity contribution in [2.45, 2.75) is 37.8 Å². The van der Waals surface area contributed by atoms with E-state index in [1.165, 1.54) is 12.1 Å². The van der Waals surface area contributed by atoms with E-state index in [9.17, 15) is 9.18 Å². The third-order valence-corrected chi connectivity index (χ3v) is 5.17. The number of halogens is 1. The highest BCUT2D eigenvalue weighted by molar-refractivity contribution is 5.78. The van der Waals surface area contributed by atoms with Crippen molar-refractivity contribution in [3.8, 4) is 0 Å². The Morgan fingerprint density at radius 3 is 2.84 bits per heavy atom. The van der Waals surface area contributed by atoms with Crippen LogP contribution < -0.4 is 5.32 Å². The van der Waals surface area contributed by atoms with Crippen LogP contribution >= 0.6 is 0 Å². The lowest BCUT2D eigenvalue weighted by molar-refractivity contribution is -0.134. The van der Waals surface area contributed by atoms with E-state index < -0.39 is 0 Å². The van der Waals surface area contributed by atoms with Crippen molar-refractivity contribution in [2.75, 3.05) is 39.5 Å². The number of rotatable bonds is 7. The van der Waals surface area contributed by atoms with Gasteiger partial charge in [0.25, 0.3) is 0 Å². The highest BCUT2D eigenvalue weighted by Gasteiger charge is 2.49. The van der Waals surface area contributed by atoms with Gasteiger partial charge in [-0.1, -0.05) is 12.1 Å². The summed E-state index contributed by atoms with van der Waals surface area (Å²) in [5.41, 5.74) is 0.653. The van der Waals surface area contributed by atoms with Gasteiger partial charge in [0, 0.05) is 31.8 Å². The van der Waals surface area contributed by atoms with Crippen LogP contribution in [0.4, 0.5) is 4.39 Å². The van der Waals surface area contributed by atoms with Gasteiger partial charge in [0.05, 0.1) is 25.7 Å². The van der Waals surface area contributed by atoms with Crippen molar-refractivity contribution in [3.05, 3.63) is 35.6 Å². The SMILES string of the molecule is CCOC1CC(CNC(=O)Cc2cccc(F)c2)(N2CCOCC2)C1. The van der Waals surface area contributed by atoms with Gasteiger partial charge in [-0.3, -0.25) is 9.69 Å². The molecule has 1 amide bonds. The largest absolute Gasteiger partial charge is 0.379 e. The Labute approximate surface area is 148 Å². The van der Waals surface area contributed by atoms with Crippen molar-refractivity contribution in [1.82, 2.24) is 10.2 Å². The zero-order valence-electron chi connectivity index (χ0n) is 14.8. The van der Waals surface area contributed by atoms with E-state index in [4.69, 9.17) is 9.47 Å². The number of carbonyl (C=O) groups is 1. The normalized spacial score (nSPS) is 26.9. The summed E-state index contributed by atoms with van der Waals surface area (Å²) in [5, 5.41) is 3.05. The van der Waals surface area contributed by atoms with Crippen LogP contribution in [-0.4, -0.2) is 61.9 Å². The van der Waals surface area contributed by atoms with Gasteiger partial charge < -0.3 is 14.8 Å². The summed E-state index contributed by atoms with van der Waals surface area (Å²) < 4.78 is 24.4. The van der Waals surface area contributed by atoms with E-state index in [1.54, 1.807) is 12.1 Å². The van der Waals surface area contributed by atoms with Crippen LogP contribution in [0.1, 0.15) is 25.3 Å². The van der Waals surface area contributed by atoms with Gasteiger partial charge in [0.15, 0.2) is 0 Å². The minimum absolute atomic E-state index is 0.0405. The first-order valence-corrected chi connectivity index (χ1v) is 9.07. The number of morpholine rings is 1. The second-order valence-electron chi connectivity index (χ2n) is 6.89. The van der Waals surface area contributed by atoms with Crippen molar-refractivity contribution in [3.63, 3.8) is 0 Å². The average molecular weight is 350 g/mol. The monoisotopic (exact) mass is 350 g/mol. The van der Waals surface area contributed by atoms with Crippen molar-refractivity contribution in [2.24, 2.45) is 0 Å². The van der Waals surface area contributed by atoms with Gasteiger partial charge in [-0.05, 0) is 37.5 Å². The molecular weight excluding hydrogens is 323 g/mol. The molecule has 1 saturated carbocycles. The molecule has 0 unspecified atom stereocenters. The second-order valence-corrected chi connectivity index (χ2v) is 6.89. The molecule has 1 aliphatic carbocycles. The van der Waals surface area contributed by atoms with Gasteiger partial charge in [-0.2, -0.15) is 0 Å². The first-order chi connectivity index (χ1) is 12.1. The standard InChI is InChI=1S/C19H27FN2O3/c1-2-25-17-12-19(13-17,22-6-8-24-9-7-22)14-21-18(23)11-15-4-3-5-16(20)10-15/h3-5,10,17H,2,6-9,11-14H2,1H3,(H,21,23). The van der Waals surface area contributed by atoms with E-state index in [-0.39, 0.29) is 29.8 Å². The van der Waals surface area contributed by atoms with Crippen molar-refractivity contribution >= 4 is 5.91 Å². The van der Waals surface area contributed by atoms with Gasteiger partial charge >= 0.3 is 0 Å². The van der Waals surface area contributed by atoms with E-state index in [0.717, 1.165) is 45.8 Å². The Bertz CT molecular complexity index is 584. The Hall–Kier alpha value is -1.50. The predicted molar refractivity (Wildman–Crippen MR) is 92.9 cm³/mol. The number of hydrogen-bond acceptors (Lipinski definition) is 4. The minimum atomic E-state index is -0.311. The average Bonchev–Trinajstić information content (AvgIpc) is 2.57. The highest BCUT2D eigenvalue weighted by Crippen LogP contribution is 2.39. The van der Waals surface area contributed by atoms with Crippen LogP contribution in [0, 0.1) is 5.82 Å². The molecule has 6 heteroatoms. The molecule has 1 aromatic carbocycles. The first-order valence-electron chi connectivity index (χ1n) is 9.07. The predicted octanol–water partition coefficient (Wildman–Crippen LogP) is 1.75. The van der Waals surface area contributed by atoms with E-state index in [2.05, 4.69) is 10.2 Å². The molecule has 1 heterocycles. The first kappa shape index (κ1) is 18.3. The molecule has 1 saturated heterocycles. The zero-order valence-corrected chi connectivity index (χ0v) is 14.8. The Balaban J connectivity index is 1.56. The van der Waals surface area contributed by atoms with E-state index in [1.807, 2.05) is 6.92 Å². The third-order valence-electron chi connectivity index (χ3n) is 5.17. The molecule has 0 aromatic heterocycles. The fourth-order valence-corrected chi connectivity index (χ4v) is 3.85. The second kappa shape index (κ2) is 8.25. The maximum absolute atomic E-state index is 13.3. The molecule has 0 spiro atoms. The summed E-state index contributed by atoms with van der Waals surface area (Å²) in [7, 11) is 0. The van der Waals surface area contributed by atoms with Crippen LogP contribution in [0.25, 0.3) is 0 Å². The van der Waals surface area contributed by atoms with Gasteiger partial charge in [-0.25, -0.2) is 4.39 Å². The van der Waals surface area contributed by atoms with E-state index in [0.29, 0.717) is 12.1 Å². The topological polar surface area (TPSA) is 50.8 Å². The molecular formula is C19H27FN2O3. The quantitative estimate of drug-likeness (QED) is 0.814. The van der Waals surface area contributed by atoms with Gasteiger partial charge in [-0.15, -0.1) is 0 Å². The summed E-state index contributed by atoms with van der Waals surface area (Å²) >= 11 is 0. The maximum atomic E-state index is 13.3. The molecule has 3 rings (SSSR count). The number of ether oxygens (including phenoxy) is 2. The van der Waals surface area contributed by atoms with Crippen LogP contribution in [-0.2, 0) is 20.7 Å². The molecule has 1 N–H and O–H groups in total. The number of hydrogen-bond donors (Lipinski definition) is 1. The lowest BCUT2D eigenvalue weighted by Gasteiger charge is -2.55. The summed E-state index contributed by atoms with van der Waals surface area (Å²) in [5.74, 6) is -0.383. The minimum Gasteiger partial charge on any atom is -0.379 e. The van der Waals surface area contributed by atoms with Crippen LogP contribution in [0.2, 0.25) is 0 Å². The molecule has 2 fully saturated rings. The van der Waals surface area contributed by atoms with E-state index >= 15 is 0 Å². The number of carbonyl (C=O) groups excluding carboxylic acids is 1. The molecule has 2 aliphatic rings. The zero-order chi connectivity index (χ0) is 17.7. The lowest BCUT2D eigenvalue weighted by Crippen LogP contribution is -2.67. The highest BCUT2D eigenvalue weighted by atomic mass is 19.1. The number of nitrogens with zero attached hydrogens (tertiary/aromatic N) is 1. The summed E-state index contributed by atoms with van der Waals surface area (Å²) in [6.07, 6.45) is 2.33. The molecule has 0 bridgehead atoms. The van der Waals surface area contributed by atoms with Gasteiger partial charge in [0.1, 0.15) is 5.82 Å². The molecule has 0 radical (unpaired) electrons. The smallest absolute Gasteiger partial charge is 0.224 e. The van der Waals surface area contributed by atoms with Crippen molar-refractivity contribution in [1.29, 1.82) is 0 Å². The molecule has 138 valence electrons. The third kappa shape index (κ3) is 4.57. The molecule has 25 heavy (non-hydrogen) atoms. The Morgan fingerprint density at radius 2 is 2.16 bits per heavy atom. The Morgan fingerprint density at radius 1 is 1.40 bits per heavy atom. The summed E-state index contributed by atoms with van der Waals surface area (Å²) in [4.78, 5) is 14.7. The van der Waals surface area contributed by atoms with Crippen molar-refractivity contribution < 1.29 is 18.7 Å². The fourth-order valence-electron chi connectivity index (χ4n) is 3.85. The number of amides is 1. The lowest BCUT2D eigenvalue weighted by atomic mass is 9.72. The Kier molecular flexibility index (Phi) is 6.04. The number of nitrogens with one attached hydrogen (secondary N) is 1. The number of benzene rings is 1. The fraction of sp³-hybridized carbons (Fsp3) is 0.632. The summed E-state index contributed by atoms with van der Waals surface area (Å²) in [6, 6.07) is 6.20. The van der Waals surface area contributed by atoms with Crippen LogP contribution in [0.3, 0.4) is 0 Å².